The fourth-order valence-electron chi connectivity index (χ4n) is 2.12. The van der Waals surface area contributed by atoms with Crippen molar-refractivity contribution < 1.29 is 9.84 Å². The van der Waals surface area contributed by atoms with E-state index < -0.39 is 0 Å². The number of rotatable bonds is 8. The molecule has 0 aliphatic rings. The maximum Gasteiger partial charge on any atom is 0.124 e. The predicted molar refractivity (Wildman–Crippen MR) is 92.5 cm³/mol. The van der Waals surface area contributed by atoms with Crippen LogP contribution in [0.2, 0.25) is 0 Å². The monoisotopic (exact) mass is 321 g/mol. The average Bonchev–Trinajstić information content (AvgIpc) is 2.56. The van der Waals surface area contributed by atoms with Crippen LogP contribution in [-0.4, -0.2) is 17.8 Å². The Morgan fingerprint density at radius 1 is 1.05 bits per heavy atom. The number of nitrogens with one attached hydrogen (secondary N) is 1. The molecule has 22 heavy (non-hydrogen) atoms. The molecule has 0 saturated carbocycles. The second kappa shape index (κ2) is 10.2. The zero-order valence-corrected chi connectivity index (χ0v) is 13.7. The molecule has 1 atom stereocenters. The lowest BCUT2D eigenvalue weighted by atomic mass is 10.1. The highest BCUT2D eigenvalue weighted by Crippen LogP contribution is 2.19. The predicted octanol–water partition coefficient (Wildman–Crippen LogP) is 3.55. The van der Waals surface area contributed by atoms with Gasteiger partial charge in [-0.1, -0.05) is 55.5 Å². The van der Waals surface area contributed by atoms with E-state index in [1.54, 1.807) is 0 Å². The summed E-state index contributed by atoms with van der Waals surface area (Å²) in [6.45, 7) is 3.48. The minimum absolute atomic E-state index is 0. The first-order valence-electron chi connectivity index (χ1n) is 7.42. The van der Waals surface area contributed by atoms with Gasteiger partial charge >= 0.3 is 0 Å². The van der Waals surface area contributed by atoms with Gasteiger partial charge in [0.1, 0.15) is 12.4 Å². The Kier molecular flexibility index (Phi) is 8.60. The van der Waals surface area contributed by atoms with Crippen molar-refractivity contribution in [1.29, 1.82) is 0 Å². The molecule has 0 aliphatic carbocycles. The average molecular weight is 322 g/mol. The molecule has 0 aromatic heterocycles. The van der Waals surface area contributed by atoms with E-state index >= 15 is 0 Å². The largest absolute Gasteiger partial charge is 0.489 e. The van der Waals surface area contributed by atoms with Crippen molar-refractivity contribution >= 4 is 12.4 Å². The van der Waals surface area contributed by atoms with Gasteiger partial charge in [0.25, 0.3) is 0 Å². The van der Waals surface area contributed by atoms with Crippen molar-refractivity contribution in [3.05, 3.63) is 65.7 Å². The first-order valence-corrected chi connectivity index (χ1v) is 7.42. The number of benzene rings is 2. The van der Waals surface area contributed by atoms with E-state index in [0.29, 0.717) is 13.2 Å². The Morgan fingerprint density at radius 3 is 2.41 bits per heavy atom. The zero-order chi connectivity index (χ0) is 14.9. The summed E-state index contributed by atoms with van der Waals surface area (Å²) in [4.78, 5) is 0. The molecule has 0 spiro atoms. The van der Waals surface area contributed by atoms with E-state index in [0.717, 1.165) is 23.3 Å². The van der Waals surface area contributed by atoms with Crippen LogP contribution in [0.1, 0.15) is 24.5 Å². The highest BCUT2D eigenvalue weighted by atomic mass is 35.5. The number of hydrogen-bond acceptors (Lipinski definition) is 3. The van der Waals surface area contributed by atoms with Crippen molar-refractivity contribution in [3.63, 3.8) is 0 Å². The molecule has 2 N–H and O–H groups in total. The lowest BCUT2D eigenvalue weighted by Gasteiger charge is -2.16. The van der Waals surface area contributed by atoms with E-state index in [1.165, 1.54) is 0 Å². The summed E-state index contributed by atoms with van der Waals surface area (Å²) >= 11 is 0. The molecule has 0 aliphatic heterocycles. The smallest absolute Gasteiger partial charge is 0.124 e. The topological polar surface area (TPSA) is 41.5 Å². The van der Waals surface area contributed by atoms with Gasteiger partial charge in [0.05, 0.1) is 6.61 Å². The van der Waals surface area contributed by atoms with E-state index in [9.17, 15) is 5.11 Å². The molecule has 4 heteroatoms. The quantitative estimate of drug-likeness (QED) is 0.781. The Bertz CT molecular complexity index is 530. The molecule has 2 rings (SSSR count). The summed E-state index contributed by atoms with van der Waals surface area (Å²) in [5.41, 5.74) is 2.27. The van der Waals surface area contributed by atoms with Crippen molar-refractivity contribution in [2.24, 2.45) is 0 Å². The van der Waals surface area contributed by atoms with Crippen molar-refractivity contribution in [3.8, 4) is 5.75 Å². The van der Waals surface area contributed by atoms with Crippen LogP contribution < -0.4 is 10.1 Å². The third-order valence-corrected chi connectivity index (χ3v) is 3.50. The molecule has 0 saturated heterocycles. The molecule has 1 unspecified atom stereocenters. The zero-order valence-electron chi connectivity index (χ0n) is 12.9. The van der Waals surface area contributed by atoms with Crippen molar-refractivity contribution in [2.75, 3.05) is 6.61 Å². The summed E-state index contributed by atoms with van der Waals surface area (Å²) in [5, 5.41) is 12.6. The lowest BCUT2D eigenvalue weighted by molar-refractivity contribution is 0.237. The first-order chi connectivity index (χ1) is 10.3. The van der Waals surface area contributed by atoms with Crippen molar-refractivity contribution in [1.82, 2.24) is 5.32 Å². The lowest BCUT2D eigenvalue weighted by Crippen LogP contribution is -2.31. The Balaban J connectivity index is 0.00000242. The summed E-state index contributed by atoms with van der Waals surface area (Å²) < 4.78 is 5.92. The highest BCUT2D eigenvalue weighted by molar-refractivity contribution is 5.85. The summed E-state index contributed by atoms with van der Waals surface area (Å²) in [7, 11) is 0. The maximum absolute atomic E-state index is 9.23. The first kappa shape index (κ1) is 18.5. The second-order valence-electron chi connectivity index (χ2n) is 5.05. The summed E-state index contributed by atoms with van der Waals surface area (Å²) in [6, 6.07) is 18.3. The molecule has 0 radical (unpaired) electrons. The summed E-state index contributed by atoms with van der Waals surface area (Å²) in [5.74, 6) is 0.890. The molecule has 3 nitrogen and oxygen atoms in total. The van der Waals surface area contributed by atoms with Crippen molar-refractivity contribution in [2.45, 2.75) is 32.5 Å². The van der Waals surface area contributed by atoms with Gasteiger partial charge in [0.2, 0.25) is 0 Å². The number of hydrogen-bond donors (Lipinski definition) is 2. The van der Waals surface area contributed by atoms with Gasteiger partial charge in [-0.2, -0.15) is 0 Å². The maximum atomic E-state index is 9.23. The highest BCUT2D eigenvalue weighted by Gasteiger charge is 2.07. The number of aliphatic hydroxyl groups is 1. The Hall–Kier alpha value is -1.55. The standard InChI is InChI=1S/C18H23NO2.ClH/c1-2-17(13-20)19-12-16-10-6-7-11-18(16)21-14-15-8-4-3-5-9-15;/h3-11,17,19-20H,2,12-14H2,1H3;1H. The van der Waals surface area contributed by atoms with Crippen LogP contribution in [0.3, 0.4) is 0 Å². The molecule has 0 fully saturated rings. The number of aliphatic hydroxyl groups excluding tert-OH is 1. The van der Waals surface area contributed by atoms with E-state index in [1.807, 2.05) is 36.4 Å². The SMILES string of the molecule is CCC(CO)NCc1ccccc1OCc1ccccc1.Cl. The Labute approximate surface area is 138 Å². The van der Waals surface area contributed by atoms with E-state index in [-0.39, 0.29) is 25.1 Å². The molecular weight excluding hydrogens is 298 g/mol. The van der Waals surface area contributed by atoms with Crippen LogP contribution in [0.15, 0.2) is 54.6 Å². The van der Waals surface area contributed by atoms with Crippen LogP contribution in [0.5, 0.6) is 5.75 Å². The van der Waals surface area contributed by atoms with Gasteiger partial charge < -0.3 is 15.2 Å². The van der Waals surface area contributed by atoms with Crippen LogP contribution >= 0.6 is 12.4 Å². The molecular formula is C18H24ClNO2. The molecule has 2 aromatic carbocycles. The third kappa shape index (κ3) is 5.68. The van der Waals surface area contributed by atoms with Gasteiger partial charge in [-0.15, -0.1) is 12.4 Å². The van der Waals surface area contributed by atoms with E-state index in [2.05, 4.69) is 30.4 Å². The fourth-order valence-corrected chi connectivity index (χ4v) is 2.12. The molecule has 0 amide bonds. The molecule has 0 bridgehead atoms. The van der Waals surface area contributed by atoms with Gasteiger partial charge in [0, 0.05) is 18.2 Å². The van der Waals surface area contributed by atoms with Gasteiger partial charge in [-0.25, -0.2) is 0 Å². The third-order valence-electron chi connectivity index (χ3n) is 3.50. The Morgan fingerprint density at radius 2 is 1.73 bits per heavy atom. The number of halogens is 1. The minimum atomic E-state index is 0. The number of para-hydroxylation sites is 1. The van der Waals surface area contributed by atoms with Crippen LogP contribution in [0, 0.1) is 0 Å². The molecule has 0 heterocycles. The molecule has 2 aromatic rings. The second-order valence-corrected chi connectivity index (χ2v) is 5.05. The minimum Gasteiger partial charge on any atom is -0.489 e. The van der Waals surface area contributed by atoms with E-state index in [4.69, 9.17) is 4.74 Å². The number of ether oxygens (including phenoxy) is 1. The summed E-state index contributed by atoms with van der Waals surface area (Å²) in [6.07, 6.45) is 0.906. The van der Waals surface area contributed by atoms with Gasteiger partial charge in [-0.05, 0) is 18.1 Å². The fraction of sp³-hybridized carbons (Fsp3) is 0.333. The van der Waals surface area contributed by atoms with Crippen LogP contribution in [0.4, 0.5) is 0 Å². The molecule has 120 valence electrons. The van der Waals surface area contributed by atoms with Gasteiger partial charge in [-0.3, -0.25) is 0 Å². The van der Waals surface area contributed by atoms with Crippen LogP contribution in [-0.2, 0) is 13.2 Å². The van der Waals surface area contributed by atoms with Crippen LogP contribution in [0.25, 0.3) is 0 Å². The van der Waals surface area contributed by atoms with Gasteiger partial charge in [0.15, 0.2) is 0 Å². The normalized spacial score (nSPS) is 11.5.